The van der Waals surface area contributed by atoms with Crippen molar-refractivity contribution in [3.63, 3.8) is 0 Å². The fraction of sp³-hybridized carbons (Fsp3) is 0.455. The molecule has 10 heteroatoms. The fourth-order valence-electron chi connectivity index (χ4n) is 5.61. The molecule has 1 heterocycles. The lowest BCUT2D eigenvalue weighted by Gasteiger charge is -2.45. The van der Waals surface area contributed by atoms with E-state index in [4.69, 9.17) is 10.5 Å². The maximum absolute atomic E-state index is 14.1. The van der Waals surface area contributed by atoms with Gasteiger partial charge in [0.05, 0.1) is 24.7 Å². The highest BCUT2D eigenvalue weighted by Crippen LogP contribution is 2.22. The van der Waals surface area contributed by atoms with Crippen LogP contribution in [0.4, 0.5) is 4.39 Å². The number of nitrogens with two attached hydrogens (primary N) is 1. The van der Waals surface area contributed by atoms with Gasteiger partial charge < -0.3 is 25.8 Å². The zero-order chi connectivity index (χ0) is 31.1. The van der Waals surface area contributed by atoms with Gasteiger partial charge >= 0.3 is 0 Å². The minimum atomic E-state index is -1.16. The van der Waals surface area contributed by atoms with Crippen molar-refractivity contribution in [2.45, 2.75) is 56.6 Å². The number of hydrogen-bond donors (Lipinski definition) is 4. The van der Waals surface area contributed by atoms with Crippen LogP contribution in [0.3, 0.4) is 0 Å². The predicted molar refractivity (Wildman–Crippen MR) is 166 cm³/mol. The summed E-state index contributed by atoms with van der Waals surface area (Å²) < 4.78 is 19.1. The Bertz CT molecular complexity index is 1380. The van der Waals surface area contributed by atoms with Crippen molar-refractivity contribution in [1.82, 2.24) is 20.4 Å². The minimum Gasteiger partial charge on any atom is -0.382 e. The summed E-state index contributed by atoms with van der Waals surface area (Å²) in [5.41, 5.74) is 6.92. The number of ether oxygens (including phenoxy) is 1. The SMILES string of the molecule is CNC(=O)C(Cc1ccc2ccccc2c1)N1CCN(C(=O)C(Cc2ccc(F)cc2)NC(O)C(C)(C)N)C(COC)C1. The van der Waals surface area contributed by atoms with E-state index in [1.807, 2.05) is 12.1 Å². The summed E-state index contributed by atoms with van der Waals surface area (Å²) >= 11 is 0. The molecule has 2 amide bonds. The van der Waals surface area contributed by atoms with Gasteiger partial charge in [-0.15, -0.1) is 0 Å². The number of amides is 2. The van der Waals surface area contributed by atoms with Gasteiger partial charge in [0.1, 0.15) is 12.0 Å². The maximum Gasteiger partial charge on any atom is 0.240 e. The van der Waals surface area contributed by atoms with Gasteiger partial charge in [-0.1, -0.05) is 54.6 Å². The second kappa shape index (κ2) is 14.4. The number of rotatable bonds is 12. The summed E-state index contributed by atoms with van der Waals surface area (Å²) in [5, 5.41) is 18.8. The van der Waals surface area contributed by atoms with Crippen LogP contribution in [0.1, 0.15) is 25.0 Å². The Labute approximate surface area is 253 Å². The lowest BCUT2D eigenvalue weighted by molar-refractivity contribution is -0.143. The maximum atomic E-state index is 14.1. The molecule has 1 fully saturated rings. The Hall–Kier alpha value is -3.41. The second-order valence-corrected chi connectivity index (χ2v) is 11.9. The first-order chi connectivity index (χ1) is 20.5. The number of carbonyl (C=O) groups excluding carboxylic acids is 2. The van der Waals surface area contributed by atoms with Gasteiger partial charge in [0, 0.05) is 39.3 Å². The standard InChI is InChI=1S/C33H44FN5O4/c1-33(2,35)32(42)37-28(18-22-10-13-26(34)14-11-22)31(41)39-16-15-38(20-27(39)21-43-4)29(30(40)36-3)19-23-9-12-24-7-5-6-8-25(24)17-23/h5-14,17,27-29,32,37,42H,15-16,18-21,35H2,1-4H3,(H,36,40). The summed E-state index contributed by atoms with van der Waals surface area (Å²) in [5.74, 6) is -0.679. The van der Waals surface area contributed by atoms with Crippen LogP contribution in [0.5, 0.6) is 0 Å². The number of likely N-dealkylation sites (N-methyl/N-ethyl adjacent to an activating group) is 1. The number of carbonyl (C=O) groups is 2. The first-order valence-electron chi connectivity index (χ1n) is 14.7. The highest BCUT2D eigenvalue weighted by atomic mass is 19.1. The summed E-state index contributed by atoms with van der Waals surface area (Å²) in [7, 11) is 3.22. The van der Waals surface area contributed by atoms with E-state index in [0.29, 0.717) is 26.1 Å². The number of piperazine rings is 1. The molecule has 4 atom stereocenters. The second-order valence-electron chi connectivity index (χ2n) is 11.9. The number of fused-ring (bicyclic) bond motifs is 1. The van der Waals surface area contributed by atoms with E-state index in [9.17, 15) is 19.1 Å². The summed E-state index contributed by atoms with van der Waals surface area (Å²) in [4.78, 5) is 31.1. The van der Waals surface area contributed by atoms with Gasteiger partial charge in [-0.05, 0) is 60.7 Å². The van der Waals surface area contributed by atoms with Crippen molar-refractivity contribution < 1.29 is 23.8 Å². The monoisotopic (exact) mass is 593 g/mol. The molecule has 1 saturated heterocycles. The lowest BCUT2D eigenvalue weighted by atomic mass is 9.97. The van der Waals surface area contributed by atoms with E-state index >= 15 is 0 Å². The Morgan fingerprint density at radius 1 is 1.05 bits per heavy atom. The molecular weight excluding hydrogens is 549 g/mol. The fourth-order valence-corrected chi connectivity index (χ4v) is 5.61. The molecule has 1 aliphatic heterocycles. The van der Waals surface area contributed by atoms with Gasteiger partial charge in [0.25, 0.3) is 0 Å². The number of benzene rings is 3. The Kier molecular flexibility index (Phi) is 10.9. The molecule has 3 aromatic rings. The van der Waals surface area contributed by atoms with Crippen LogP contribution in [-0.2, 0) is 27.2 Å². The Balaban J connectivity index is 1.55. The van der Waals surface area contributed by atoms with E-state index in [2.05, 4.69) is 45.9 Å². The highest BCUT2D eigenvalue weighted by Gasteiger charge is 2.39. The highest BCUT2D eigenvalue weighted by molar-refractivity contribution is 5.85. The zero-order valence-corrected chi connectivity index (χ0v) is 25.4. The number of aliphatic hydroxyl groups is 1. The minimum absolute atomic E-state index is 0.0896. The van der Waals surface area contributed by atoms with Crippen LogP contribution in [0.25, 0.3) is 10.8 Å². The van der Waals surface area contributed by atoms with Crippen LogP contribution in [0, 0.1) is 5.82 Å². The Morgan fingerprint density at radius 3 is 2.37 bits per heavy atom. The van der Waals surface area contributed by atoms with E-state index in [1.165, 1.54) is 12.1 Å². The van der Waals surface area contributed by atoms with Crippen molar-refractivity contribution >= 4 is 22.6 Å². The molecule has 43 heavy (non-hydrogen) atoms. The first-order valence-corrected chi connectivity index (χ1v) is 14.7. The molecule has 232 valence electrons. The van der Waals surface area contributed by atoms with Crippen molar-refractivity contribution in [2.24, 2.45) is 5.73 Å². The van der Waals surface area contributed by atoms with Crippen molar-refractivity contribution in [3.05, 3.63) is 83.7 Å². The molecule has 3 aromatic carbocycles. The first kappa shape index (κ1) is 32.5. The molecule has 0 bridgehead atoms. The van der Waals surface area contributed by atoms with Gasteiger partial charge in [-0.3, -0.25) is 19.8 Å². The number of hydrogen-bond acceptors (Lipinski definition) is 7. The van der Waals surface area contributed by atoms with Crippen LogP contribution >= 0.6 is 0 Å². The molecule has 4 rings (SSSR count). The largest absolute Gasteiger partial charge is 0.382 e. The smallest absolute Gasteiger partial charge is 0.240 e. The zero-order valence-electron chi connectivity index (χ0n) is 25.4. The molecule has 0 spiro atoms. The molecule has 1 aliphatic rings. The van der Waals surface area contributed by atoms with Crippen LogP contribution in [0.15, 0.2) is 66.7 Å². The number of nitrogens with one attached hydrogen (secondary N) is 2. The van der Waals surface area contributed by atoms with E-state index < -0.39 is 23.9 Å². The third-order valence-corrected chi connectivity index (χ3v) is 8.10. The Morgan fingerprint density at radius 2 is 1.72 bits per heavy atom. The molecule has 0 saturated carbocycles. The number of methoxy groups -OCH3 is 1. The van der Waals surface area contributed by atoms with Gasteiger partial charge in [0.15, 0.2) is 0 Å². The topological polar surface area (TPSA) is 120 Å². The van der Waals surface area contributed by atoms with Gasteiger partial charge in [0.2, 0.25) is 11.8 Å². The lowest BCUT2D eigenvalue weighted by Crippen LogP contribution is -2.65. The molecule has 0 aromatic heterocycles. The average molecular weight is 594 g/mol. The van der Waals surface area contributed by atoms with Crippen molar-refractivity contribution in [1.29, 1.82) is 0 Å². The quantitative estimate of drug-likeness (QED) is 0.237. The normalized spacial score (nSPS) is 18.3. The summed E-state index contributed by atoms with van der Waals surface area (Å²) in [6.07, 6.45) is -0.414. The number of halogens is 1. The predicted octanol–water partition coefficient (Wildman–Crippen LogP) is 2.05. The van der Waals surface area contributed by atoms with Crippen LogP contribution < -0.4 is 16.4 Å². The van der Waals surface area contributed by atoms with Crippen LogP contribution in [0.2, 0.25) is 0 Å². The van der Waals surface area contributed by atoms with Gasteiger partial charge in [-0.25, -0.2) is 4.39 Å². The summed E-state index contributed by atoms with van der Waals surface area (Å²) in [6, 6.07) is 18.7. The molecule has 4 unspecified atom stereocenters. The molecule has 0 aliphatic carbocycles. The van der Waals surface area contributed by atoms with Crippen molar-refractivity contribution in [2.75, 3.05) is 40.4 Å². The van der Waals surface area contributed by atoms with Crippen LogP contribution in [-0.4, -0.2) is 97.0 Å². The van der Waals surface area contributed by atoms with E-state index in [-0.39, 0.29) is 36.7 Å². The van der Waals surface area contributed by atoms with E-state index in [0.717, 1.165) is 21.9 Å². The molecule has 0 radical (unpaired) electrons. The van der Waals surface area contributed by atoms with Crippen molar-refractivity contribution in [3.8, 4) is 0 Å². The van der Waals surface area contributed by atoms with E-state index in [1.54, 1.807) is 45.0 Å². The van der Waals surface area contributed by atoms with Gasteiger partial charge in [-0.2, -0.15) is 0 Å². The summed E-state index contributed by atoms with van der Waals surface area (Å²) in [6.45, 7) is 4.88. The third kappa shape index (κ3) is 8.36. The number of nitrogens with zero attached hydrogens (tertiary/aromatic N) is 2. The average Bonchev–Trinajstić information content (AvgIpc) is 2.99. The number of aliphatic hydroxyl groups excluding tert-OH is 1. The molecule has 5 N–H and O–H groups in total. The third-order valence-electron chi connectivity index (χ3n) is 8.10. The molecular formula is C33H44FN5O4. The molecule has 9 nitrogen and oxygen atoms in total.